The van der Waals surface area contributed by atoms with E-state index in [2.05, 4.69) is 10.1 Å². The van der Waals surface area contributed by atoms with Crippen molar-refractivity contribution >= 4 is 17.8 Å². The normalized spacial score (nSPS) is 21.1. The number of nitrogen functional groups attached to an aromatic ring is 1. The number of likely N-dealkylation sites (N-methyl/N-ethyl adjacent to an activating group) is 1. The van der Waals surface area contributed by atoms with Crippen LogP contribution in [0.25, 0.3) is 11.3 Å². The molecule has 0 radical (unpaired) electrons. The van der Waals surface area contributed by atoms with Crippen LogP contribution in [0.15, 0.2) is 18.3 Å². The molecule has 2 aliphatic heterocycles. The number of carboxylic acid groups (broad SMARTS) is 1. The third-order valence-corrected chi connectivity index (χ3v) is 6.55. The first-order chi connectivity index (χ1) is 14.9. The van der Waals surface area contributed by atoms with E-state index in [9.17, 15) is 22.8 Å². The van der Waals surface area contributed by atoms with Crippen molar-refractivity contribution in [2.75, 3.05) is 25.9 Å². The molecule has 4 heterocycles. The topological polar surface area (TPSA) is 118 Å². The molecule has 9 nitrogen and oxygen atoms in total. The number of nitrogens with zero attached hydrogens (tertiary/aromatic N) is 5. The van der Waals surface area contributed by atoms with E-state index < -0.39 is 29.7 Å². The molecule has 2 amide bonds. The summed E-state index contributed by atoms with van der Waals surface area (Å²) in [7, 11) is 1.35. The predicted molar refractivity (Wildman–Crippen MR) is 108 cm³/mol. The van der Waals surface area contributed by atoms with Crippen molar-refractivity contribution in [2.45, 2.75) is 43.9 Å². The second kappa shape index (κ2) is 7.38. The minimum atomic E-state index is -4.62. The number of carbonyl (C=O) groups is 2. The van der Waals surface area contributed by atoms with E-state index >= 15 is 0 Å². The van der Waals surface area contributed by atoms with E-state index in [1.165, 1.54) is 13.2 Å². The molecule has 12 heteroatoms. The molecule has 0 bridgehead atoms. The Morgan fingerprint density at radius 2 is 1.97 bits per heavy atom. The monoisotopic (exact) mass is 452 g/mol. The zero-order valence-electron chi connectivity index (χ0n) is 17.6. The first kappa shape index (κ1) is 21.9. The molecule has 2 atom stereocenters. The van der Waals surface area contributed by atoms with Gasteiger partial charge in [0.15, 0.2) is 0 Å². The van der Waals surface area contributed by atoms with Crippen LogP contribution in [0.2, 0.25) is 0 Å². The molecule has 1 saturated heterocycles. The maximum absolute atomic E-state index is 13.2. The van der Waals surface area contributed by atoms with Crippen LogP contribution in [-0.2, 0) is 22.9 Å². The third kappa shape index (κ3) is 3.53. The van der Waals surface area contributed by atoms with E-state index in [1.807, 2.05) is 0 Å². The fourth-order valence-electron chi connectivity index (χ4n) is 4.51. The lowest BCUT2D eigenvalue weighted by Crippen LogP contribution is -2.47. The van der Waals surface area contributed by atoms with Gasteiger partial charge in [-0.05, 0) is 31.9 Å². The molecule has 1 unspecified atom stereocenters. The van der Waals surface area contributed by atoms with Crippen LogP contribution < -0.4 is 5.73 Å². The number of alkyl halides is 3. The van der Waals surface area contributed by atoms with Crippen molar-refractivity contribution in [3.8, 4) is 11.3 Å². The highest BCUT2D eigenvalue weighted by atomic mass is 19.4. The number of amides is 2. The Morgan fingerprint density at radius 1 is 1.28 bits per heavy atom. The average Bonchev–Trinajstić information content (AvgIpc) is 3.42. The van der Waals surface area contributed by atoms with Crippen molar-refractivity contribution in [3.63, 3.8) is 0 Å². The Bertz CT molecular complexity index is 1090. The smallest absolute Gasteiger partial charge is 0.419 e. The SMILES string of the molecule is CC(C(=O)N1CC[C@@]2(CCn3nc(-c4cnc(N)c(C(F)(F)F)c4)cc32)C1)N(C)C(=O)O. The molecule has 4 rings (SSSR count). The van der Waals surface area contributed by atoms with Gasteiger partial charge in [-0.25, -0.2) is 9.78 Å². The Kier molecular flexibility index (Phi) is 5.05. The van der Waals surface area contributed by atoms with Gasteiger partial charge >= 0.3 is 12.3 Å². The van der Waals surface area contributed by atoms with Gasteiger partial charge < -0.3 is 15.7 Å². The van der Waals surface area contributed by atoms with Gasteiger partial charge in [0, 0.05) is 49.6 Å². The summed E-state index contributed by atoms with van der Waals surface area (Å²) >= 11 is 0. The first-order valence-electron chi connectivity index (χ1n) is 10.1. The van der Waals surface area contributed by atoms with Gasteiger partial charge in [-0.3, -0.25) is 14.4 Å². The second-order valence-electron chi connectivity index (χ2n) is 8.40. The van der Waals surface area contributed by atoms with E-state index in [4.69, 9.17) is 10.8 Å². The lowest BCUT2D eigenvalue weighted by atomic mass is 9.82. The lowest BCUT2D eigenvalue weighted by Gasteiger charge is -2.28. The second-order valence-corrected chi connectivity index (χ2v) is 8.40. The molecular weight excluding hydrogens is 429 g/mol. The molecule has 1 spiro atoms. The number of halogens is 3. The number of carbonyl (C=O) groups excluding carboxylic acids is 1. The van der Waals surface area contributed by atoms with Crippen LogP contribution in [-0.4, -0.2) is 67.9 Å². The molecule has 32 heavy (non-hydrogen) atoms. The third-order valence-electron chi connectivity index (χ3n) is 6.55. The summed E-state index contributed by atoms with van der Waals surface area (Å²) < 4.78 is 41.4. The minimum absolute atomic E-state index is 0.214. The number of rotatable bonds is 3. The van der Waals surface area contributed by atoms with Crippen molar-refractivity contribution in [1.82, 2.24) is 24.6 Å². The summed E-state index contributed by atoms with van der Waals surface area (Å²) in [4.78, 5) is 30.3. The van der Waals surface area contributed by atoms with Gasteiger partial charge in [-0.2, -0.15) is 18.3 Å². The van der Waals surface area contributed by atoms with E-state index in [0.717, 1.165) is 23.1 Å². The maximum atomic E-state index is 13.2. The zero-order chi connectivity index (χ0) is 23.4. The molecule has 2 aromatic heterocycles. The molecule has 2 aromatic rings. The molecule has 2 aliphatic rings. The van der Waals surface area contributed by atoms with Gasteiger partial charge in [-0.1, -0.05) is 0 Å². The van der Waals surface area contributed by atoms with Gasteiger partial charge in [0.25, 0.3) is 0 Å². The van der Waals surface area contributed by atoms with Crippen LogP contribution >= 0.6 is 0 Å². The van der Waals surface area contributed by atoms with Crippen molar-refractivity contribution in [2.24, 2.45) is 0 Å². The molecule has 0 aromatic carbocycles. The van der Waals surface area contributed by atoms with Crippen LogP contribution in [0.1, 0.15) is 31.0 Å². The van der Waals surface area contributed by atoms with Gasteiger partial charge in [0.05, 0.1) is 11.3 Å². The maximum Gasteiger partial charge on any atom is 0.419 e. The Hall–Kier alpha value is -3.31. The summed E-state index contributed by atoms with van der Waals surface area (Å²) in [5.74, 6) is -0.864. The number of fused-ring (bicyclic) bond motifs is 2. The first-order valence-corrected chi connectivity index (χ1v) is 10.1. The number of hydrogen-bond acceptors (Lipinski definition) is 5. The Morgan fingerprint density at radius 3 is 2.62 bits per heavy atom. The van der Waals surface area contributed by atoms with Crippen molar-refractivity contribution < 1.29 is 27.9 Å². The highest BCUT2D eigenvalue weighted by Crippen LogP contribution is 2.44. The van der Waals surface area contributed by atoms with Crippen molar-refractivity contribution in [3.05, 3.63) is 29.6 Å². The van der Waals surface area contributed by atoms with Crippen LogP contribution in [0.4, 0.5) is 23.8 Å². The molecule has 172 valence electrons. The van der Waals surface area contributed by atoms with E-state index in [0.29, 0.717) is 31.7 Å². The number of pyridine rings is 1. The standard InChI is InChI=1S/C20H23F3N6O3/c1-11(27(2)18(31)32)17(30)28-5-3-19(10-28)4-6-29-15(19)8-14(26-29)12-7-13(20(21,22)23)16(24)25-9-12/h7-9,11H,3-6,10H2,1-2H3,(H2,24,25)(H,31,32)/t11?,19-/m1/s1. The van der Waals surface area contributed by atoms with Crippen LogP contribution in [0.5, 0.6) is 0 Å². The lowest BCUT2D eigenvalue weighted by molar-refractivity contribution is -0.137. The van der Waals surface area contributed by atoms with Crippen molar-refractivity contribution in [1.29, 1.82) is 0 Å². The summed E-state index contributed by atoms with van der Waals surface area (Å²) in [6.07, 6.45) is -3.12. The largest absolute Gasteiger partial charge is 0.465 e. The van der Waals surface area contributed by atoms with E-state index in [1.54, 1.807) is 22.6 Å². The fourth-order valence-corrected chi connectivity index (χ4v) is 4.51. The van der Waals surface area contributed by atoms with Gasteiger partial charge in [0.2, 0.25) is 5.91 Å². The Labute approximate surface area is 181 Å². The molecule has 0 aliphatic carbocycles. The summed E-state index contributed by atoms with van der Waals surface area (Å²) in [6, 6.07) is 1.88. The van der Waals surface area contributed by atoms with Gasteiger partial charge in [0.1, 0.15) is 11.9 Å². The molecule has 3 N–H and O–H groups in total. The number of aryl methyl sites for hydroxylation is 1. The number of aromatic nitrogens is 3. The average molecular weight is 452 g/mol. The summed E-state index contributed by atoms with van der Waals surface area (Å²) in [6.45, 7) is 3.00. The van der Waals surface area contributed by atoms with Gasteiger partial charge in [-0.15, -0.1) is 0 Å². The molecule has 1 fully saturated rings. The summed E-state index contributed by atoms with van der Waals surface area (Å²) in [5, 5.41) is 13.6. The number of hydrogen-bond donors (Lipinski definition) is 2. The number of anilines is 1. The minimum Gasteiger partial charge on any atom is -0.465 e. The van der Waals surface area contributed by atoms with Crippen LogP contribution in [0.3, 0.4) is 0 Å². The number of nitrogens with two attached hydrogens (primary N) is 1. The Balaban J connectivity index is 1.59. The fraction of sp³-hybridized carbons (Fsp3) is 0.500. The highest BCUT2D eigenvalue weighted by Gasteiger charge is 2.47. The molecular formula is C20H23F3N6O3. The zero-order valence-corrected chi connectivity index (χ0v) is 17.6. The number of likely N-dealkylation sites (tertiary alicyclic amines) is 1. The highest BCUT2D eigenvalue weighted by molar-refractivity contribution is 5.85. The molecule has 0 saturated carbocycles. The van der Waals surface area contributed by atoms with E-state index in [-0.39, 0.29) is 16.9 Å². The predicted octanol–water partition coefficient (Wildman–Crippen LogP) is 2.42. The van der Waals surface area contributed by atoms with Crippen LogP contribution in [0, 0.1) is 0 Å². The quantitative estimate of drug-likeness (QED) is 0.739. The summed E-state index contributed by atoms with van der Waals surface area (Å²) in [5.41, 5.74) is 5.45.